The maximum Gasteiger partial charge on any atom is 0.0235 e. The molecule has 2 rings (SSSR count). The lowest BCUT2D eigenvalue weighted by Crippen LogP contribution is -2.50. The van der Waals surface area contributed by atoms with Gasteiger partial charge in [0.05, 0.1) is 0 Å². The van der Waals surface area contributed by atoms with Gasteiger partial charge in [-0.1, -0.05) is 6.92 Å². The Hall–Kier alpha value is -0.120. The molecule has 0 radical (unpaired) electrons. The van der Waals surface area contributed by atoms with Crippen molar-refractivity contribution in [2.45, 2.75) is 38.3 Å². The molecule has 2 aliphatic rings. The van der Waals surface area contributed by atoms with Crippen LogP contribution in [0.25, 0.3) is 0 Å². The Morgan fingerprint density at radius 1 is 1.20 bits per heavy atom. The average molecular weight is 211 g/mol. The average Bonchev–Trinajstić information content (AvgIpc) is 2.66. The summed E-state index contributed by atoms with van der Waals surface area (Å²) < 4.78 is 0. The second-order valence-corrected chi connectivity index (χ2v) is 5.10. The highest BCUT2D eigenvalue weighted by Crippen LogP contribution is 2.19. The Labute approximate surface area is 93.8 Å². The molecule has 2 unspecified atom stereocenters. The minimum absolute atomic E-state index is 0.745. The maximum absolute atomic E-state index is 3.59. The molecular formula is C12H25N3. The highest BCUT2D eigenvalue weighted by atomic mass is 15.3. The van der Waals surface area contributed by atoms with Crippen molar-refractivity contribution in [3.63, 3.8) is 0 Å². The first-order chi connectivity index (χ1) is 7.29. The number of likely N-dealkylation sites (N-methyl/N-ethyl adjacent to an activating group) is 2. The van der Waals surface area contributed by atoms with Crippen LogP contribution in [0.4, 0.5) is 0 Å². The number of piperidine rings is 1. The van der Waals surface area contributed by atoms with Gasteiger partial charge in [-0.05, 0) is 45.9 Å². The van der Waals surface area contributed by atoms with Gasteiger partial charge in [0.15, 0.2) is 0 Å². The van der Waals surface area contributed by atoms with Gasteiger partial charge < -0.3 is 10.2 Å². The fraction of sp³-hybridized carbons (Fsp3) is 1.00. The summed E-state index contributed by atoms with van der Waals surface area (Å²) in [4.78, 5) is 5.17. The Balaban J connectivity index is 1.81. The smallest absolute Gasteiger partial charge is 0.0235 e. The third-order valence-corrected chi connectivity index (χ3v) is 3.83. The van der Waals surface area contributed by atoms with Crippen molar-refractivity contribution in [1.29, 1.82) is 0 Å². The summed E-state index contributed by atoms with van der Waals surface area (Å²) in [5.74, 6) is 0. The van der Waals surface area contributed by atoms with Crippen LogP contribution >= 0.6 is 0 Å². The lowest BCUT2D eigenvalue weighted by Gasteiger charge is -2.37. The normalized spacial score (nSPS) is 34.8. The molecule has 2 heterocycles. The van der Waals surface area contributed by atoms with Crippen molar-refractivity contribution < 1.29 is 0 Å². The summed E-state index contributed by atoms with van der Waals surface area (Å²) in [6.45, 7) is 8.48. The third kappa shape index (κ3) is 2.92. The molecule has 88 valence electrons. The van der Waals surface area contributed by atoms with Crippen LogP contribution in [-0.2, 0) is 0 Å². The first kappa shape index (κ1) is 11.4. The van der Waals surface area contributed by atoms with Crippen LogP contribution in [0.2, 0.25) is 0 Å². The first-order valence-electron chi connectivity index (χ1n) is 6.45. The zero-order chi connectivity index (χ0) is 10.7. The van der Waals surface area contributed by atoms with Crippen molar-refractivity contribution in [3.05, 3.63) is 0 Å². The second kappa shape index (κ2) is 5.28. The fourth-order valence-electron chi connectivity index (χ4n) is 3.00. The van der Waals surface area contributed by atoms with E-state index in [1.807, 2.05) is 0 Å². The Kier molecular flexibility index (Phi) is 4.00. The largest absolute Gasteiger partial charge is 0.313 e. The SMILES string of the molecule is CCNC1CCCN(C2CCN(C)C2)C1. The molecule has 3 nitrogen and oxygen atoms in total. The Bertz CT molecular complexity index is 193. The summed E-state index contributed by atoms with van der Waals surface area (Å²) in [6, 6.07) is 1.58. The van der Waals surface area contributed by atoms with Gasteiger partial charge >= 0.3 is 0 Å². The zero-order valence-corrected chi connectivity index (χ0v) is 10.2. The quantitative estimate of drug-likeness (QED) is 0.744. The molecule has 2 aliphatic heterocycles. The van der Waals surface area contributed by atoms with Crippen molar-refractivity contribution >= 4 is 0 Å². The zero-order valence-electron chi connectivity index (χ0n) is 10.2. The lowest BCUT2D eigenvalue weighted by atomic mass is 10.0. The predicted molar refractivity (Wildman–Crippen MR) is 64.2 cm³/mol. The van der Waals surface area contributed by atoms with Crippen molar-refractivity contribution in [2.24, 2.45) is 0 Å². The number of nitrogens with one attached hydrogen (secondary N) is 1. The number of hydrogen-bond acceptors (Lipinski definition) is 3. The summed E-state index contributed by atoms with van der Waals surface area (Å²) >= 11 is 0. The fourth-order valence-corrected chi connectivity index (χ4v) is 3.00. The topological polar surface area (TPSA) is 18.5 Å². The molecule has 15 heavy (non-hydrogen) atoms. The van der Waals surface area contributed by atoms with E-state index >= 15 is 0 Å². The van der Waals surface area contributed by atoms with Gasteiger partial charge in [-0.2, -0.15) is 0 Å². The third-order valence-electron chi connectivity index (χ3n) is 3.83. The molecule has 0 aliphatic carbocycles. The van der Waals surface area contributed by atoms with E-state index in [9.17, 15) is 0 Å². The molecule has 1 N–H and O–H groups in total. The summed E-state index contributed by atoms with van der Waals surface area (Å²) in [5.41, 5.74) is 0. The van der Waals surface area contributed by atoms with Crippen molar-refractivity contribution in [1.82, 2.24) is 15.1 Å². The van der Waals surface area contributed by atoms with Gasteiger partial charge in [-0.25, -0.2) is 0 Å². The number of nitrogens with zero attached hydrogens (tertiary/aromatic N) is 2. The number of rotatable bonds is 3. The van der Waals surface area contributed by atoms with Crippen LogP contribution in [0, 0.1) is 0 Å². The van der Waals surface area contributed by atoms with E-state index in [2.05, 4.69) is 29.1 Å². The predicted octanol–water partition coefficient (Wildman–Crippen LogP) is 0.764. The van der Waals surface area contributed by atoms with Crippen LogP contribution in [0.15, 0.2) is 0 Å². The van der Waals surface area contributed by atoms with E-state index in [1.54, 1.807) is 0 Å². The van der Waals surface area contributed by atoms with E-state index in [0.29, 0.717) is 0 Å². The number of likely N-dealkylation sites (tertiary alicyclic amines) is 2. The molecule has 2 fully saturated rings. The molecule has 0 aromatic heterocycles. The molecular weight excluding hydrogens is 186 g/mol. The number of hydrogen-bond donors (Lipinski definition) is 1. The van der Waals surface area contributed by atoms with Crippen LogP contribution in [0.5, 0.6) is 0 Å². The molecule has 0 amide bonds. The van der Waals surface area contributed by atoms with Crippen LogP contribution in [0.1, 0.15) is 26.2 Å². The lowest BCUT2D eigenvalue weighted by molar-refractivity contribution is 0.140. The van der Waals surface area contributed by atoms with Gasteiger partial charge in [0, 0.05) is 25.2 Å². The monoisotopic (exact) mass is 211 g/mol. The highest BCUT2D eigenvalue weighted by Gasteiger charge is 2.29. The molecule has 0 bridgehead atoms. The van der Waals surface area contributed by atoms with Gasteiger partial charge in [-0.3, -0.25) is 4.90 Å². The van der Waals surface area contributed by atoms with Crippen molar-refractivity contribution in [2.75, 3.05) is 39.8 Å². The Morgan fingerprint density at radius 3 is 2.73 bits per heavy atom. The summed E-state index contributed by atoms with van der Waals surface area (Å²) in [5, 5.41) is 3.59. The van der Waals surface area contributed by atoms with E-state index < -0.39 is 0 Å². The summed E-state index contributed by atoms with van der Waals surface area (Å²) in [7, 11) is 2.24. The van der Waals surface area contributed by atoms with Gasteiger partial charge in [0.1, 0.15) is 0 Å². The van der Waals surface area contributed by atoms with Crippen LogP contribution in [-0.4, -0.2) is 61.7 Å². The minimum Gasteiger partial charge on any atom is -0.313 e. The van der Waals surface area contributed by atoms with E-state index in [1.165, 1.54) is 45.4 Å². The maximum atomic E-state index is 3.59. The van der Waals surface area contributed by atoms with Gasteiger partial charge in [0.25, 0.3) is 0 Å². The van der Waals surface area contributed by atoms with Crippen LogP contribution in [0.3, 0.4) is 0 Å². The Morgan fingerprint density at radius 2 is 2.07 bits per heavy atom. The van der Waals surface area contributed by atoms with E-state index in [4.69, 9.17) is 0 Å². The highest BCUT2D eigenvalue weighted by molar-refractivity contribution is 4.87. The molecule has 0 aromatic rings. The van der Waals surface area contributed by atoms with E-state index in [-0.39, 0.29) is 0 Å². The second-order valence-electron chi connectivity index (χ2n) is 5.10. The van der Waals surface area contributed by atoms with Gasteiger partial charge in [-0.15, -0.1) is 0 Å². The van der Waals surface area contributed by atoms with Crippen LogP contribution < -0.4 is 5.32 Å². The molecule has 2 atom stereocenters. The minimum atomic E-state index is 0.745. The molecule has 3 heteroatoms. The molecule has 0 spiro atoms. The summed E-state index contributed by atoms with van der Waals surface area (Å²) in [6.07, 6.45) is 4.11. The van der Waals surface area contributed by atoms with Crippen molar-refractivity contribution in [3.8, 4) is 0 Å². The molecule has 2 saturated heterocycles. The first-order valence-corrected chi connectivity index (χ1v) is 6.45. The molecule has 0 aromatic carbocycles. The van der Waals surface area contributed by atoms with E-state index in [0.717, 1.165) is 18.6 Å². The molecule has 0 saturated carbocycles. The standard InChI is InChI=1S/C12H25N3/c1-3-13-11-5-4-7-15(9-11)12-6-8-14(2)10-12/h11-13H,3-10H2,1-2H3. The van der Waals surface area contributed by atoms with Gasteiger partial charge in [0.2, 0.25) is 0 Å².